The third kappa shape index (κ3) is 3.53. The highest BCUT2D eigenvalue weighted by molar-refractivity contribution is 7.14. The molecule has 154 valence electrons. The van der Waals surface area contributed by atoms with E-state index in [1.54, 1.807) is 25.1 Å². The lowest BCUT2D eigenvalue weighted by Gasteiger charge is -2.16. The van der Waals surface area contributed by atoms with Crippen LogP contribution in [0.4, 0.5) is 4.39 Å². The number of hydrogen-bond donors (Lipinski definition) is 2. The molecule has 2 unspecified atom stereocenters. The van der Waals surface area contributed by atoms with Crippen molar-refractivity contribution in [2.24, 2.45) is 5.73 Å². The van der Waals surface area contributed by atoms with E-state index in [2.05, 4.69) is 27.0 Å². The highest BCUT2D eigenvalue weighted by Crippen LogP contribution is 2.45. The van der Waals surface area contributed by atoms with E-state index in [0.717, 1.165) is 11.3 Å². The molecule has 3 aromatic rings. The fourth-order valence-corrected chi connectivity index (χ4v) is 3.86. The van der Waals surface area contributed by atoms with Gasteiger partial charge in [-0.05, 0) is 32.0 Å². The zero-order valence-electron chi connectivity index (χ0n) is 16.3. The van der Waals surface area contributed by atoms with E-state index in [0.29, 0.717) is 22.8 Å². The van der Waals surface area contributed by atoms with Crippen LogP contribution >= 0.6 is 11.3 Å². The van der Waals surface area contributed by atoms with Gasteiger partial charge in [-0.15, -0.1) is 11.3 Å². The second-order valence-electron chi connectivity index (χ2n) is 7.22. The zero-order chi connectivity index (χ0) is 21.7. The number of rotatable bonds is 2. The average molecular weight is 428 g/mol. The molecule has 0 saturated carbocycles. The molecule has 0 bridgehead atoms. The summed E-state index contributed by atoms with van der Waals surface area (Å²) in [7, 11) is 0. The number of nitrogens with two attached hydrogens (primary N) is 1. The van der Waals surface area contributed by atoms with Crippen molar-refractivity contribution in [1.29, 1.82) is 0 Å². The first kappa shape index (κ1) is 20.0. The maximum atomic E-state index is 15.2. The molecule has 3 N–H and O–H groups in total. The molecule has 2 aromatic heterocycles. The van der Waals surface area contributed by atoms with Gasteiger partial charge in [0.2, 0.25) is 11.7 Å². The average Bonchev–Trinajstić information content (AvgIpc) is 3.30. The van der Waals surface area contributed by atoms with Crippen LogP contribution in [0.15, 0.2) is 22.7 Å². The number of fused-ring (bicyclic) bond motifs is 3. The van der Waals surface area contributed by atoms with Crippen LogP contribution in [-0.2, 0) is 11.3 Å². The summed E-state index contributed by atoms with van der Waals surface area (Å²) in [6.45, 7) is 4.19. The standard InChI is InChI=1S/C20H17FN4O4S/c1-10-23-18(25-29-10)20(3,27)7-6-11-4-5-13-12(8-11)14-15(19(2,21)9-28-13)30-17(24-14)16(22)26/h4-5,8,27H,9H2,1-3H3,(H2,22,26). The van der Waals surface area contributed by atoms with E-state index in [1.165, 1.54) is 13.8 Å². The molecule has 4 rings (SSSR count). The molecule has 10 heteroatoms. The van der Waals surface area contributed by atoms with E-state index in [9.17, 15) is 9.90 Å². The molecule has 30 heavy (non-hydrogen) atoms. The number of hydrogen-bond acceptors (Lipinski definition) is 8. The minimum absolute atomic E-state index is 0.0172. The molecule has 3 heterocycles. The number of aliphatic hydroxyl groups is 1. The largest absolute Gasteiger partial charge is 0.489 e. The molecule has 8 nitrogen and oxygen atoms in total. The summed E-state index contributed by atoms with van der Waals surface area (Å²) in [5.41, 5.74) is 3.15. The van der Waals surface area contributed by atoms with E-state index in [4.69, 9.17) is 15.0 Å². The highest BCUT2D eigenvalue weighted by Gasteiger charge is 2.38. The molecule has 0 saturated heterocycles. The number of aromatic nitrogens is 3. The Morgan fingerprint density at radius 2 is 2.20 bits per heavy atom. The van der Waals surface area contributed by atoms with E-state index < -0.39 is 17.2 Å². The Morgan fingerprint density at radius 1 is 1.43 bits per heavy atom. The van der Waals surface area contributed by atoms with E-state index >= 15 is 4.39 Å². The molecular formula is C20H17FN4O4S. The van der Waals surface area contributed by atoms with Crippen molar-refractivity contribution >= 4 is 17.2 Å². The van der Waals surface area contributed by atoms with Gasteiger partial charge in [-0.25, -0.2) is 9.37 Å². The van der Waals surface area contributed by atoms with Crippen molar-refractivity contribution in [1.82, 2.24) is 15.1 Å². The lowest BCUT2D eigenvalue weighted by Crippen LogP contribution is -2.22. The van der Waals surface area contributed by atoms with Crippen molar-refractivity contribution in [3.63, 3.8) is 0 Å². The second kappa shape index (κ2) is 6.90. The summed E-state index contributed by atoms with van der Waals surface area (Å²) in [4.78, 5) is 20.1. The summed E-state index contributed by atoms with van der Waals surface area (Å²) >= 11 is 0.907. The van der Waals surface area contributed by atoms with Gasteiger partial charge in [0.15, 0.2) is 16.3 Å². The predicted molar refractivity (Wildman–Crippen MR) is 106 cm³/mol. The quantitative estimate of drug-likeness (QED) is 0.601. The van der Waals surface area contributed by atoms with Crippen molar-refractivity contribution in [3.05, 3.63) is 45.4 Å². The van der Waals surface area contributed by atoms with Crippen LogP contribution in [0, 0.1) is 18.8 Å². The number of primary amides is 1. The number of thiazole rings is 1. The van der Waals surface area contributed by atoms with Crippen molar-refractivity contribution < 1.29 is 23.6 Å². The topological polar surface area (TPSA) is 124 Å². The van der Waals surface area contributed by atoms with Gasteiger partial charge >= 0.3 is 0 Å². The summed E-state index contributed by atoms with van der Waals surface area (Å²) in [5.74, 6) is 5.60. The third-order valence-electron chi connectivity index (χ3n) is 4.46. The summed E-state index contributed by atoms with van der Waals surface area (Å²) < 4.78 is 25.7. The van der Waals surface area contributed by atoms with Gasteiger partial charge in [-0.1, -0.05) is 17.0 Å². The smallest absolute Gasteiger partial charge is 0.277 e. The van der Waals surface area contributed by atoms with E-state index in [1.807, 2.05) is 0 Å². The van der Waals surface area contributed by atoms with Crippen molar-refractivity contribution in [2.75, 3.05) is 6.61 Å². The van der Waals surface area contributed by atoms with Crippen LogP contribution in [0.3, 0.4) is 0 Å². The van der Waals surface area contributed by atoms with E-state index in [-0.39, 0.29) is 28.0 Å². The van der Waals surface area contributed by atoms with Gasteiger partial charge in [0.1, 0.15) is 12.4 Å². The van der Waals surface area contributed by atoms with Gasteiger partial charge in [-0.2, -0.15) is 4.98 Å². The number of amides is 1. The summed E-state index contributed by atoms with van der Waals surface area (Å²) in [6, 6.07) is 4.97. The molecule has 1 aromatic carbocycles. The van der Waals surface area contributed by atoms with Crippen molar-refractivity contribution in [3.8, 4) is 28.8 Å². The minimum Gasteiger partial charge on any atom is -0.489 e. The Kier molecular flexibility index (Phi) is 4.60. The molecular weight excluding hydrogens is 411 g/mol. The number of nitrogens with zero attached hydrogens (tertiary/aromatic N) is 3. The van der Waals surface area contributed by atoms with Crippen molar-refractivity contribution in [2.45, 2.75) is 32.0 Å². The number of carbonyl (C=O) groups excluding carboxylic acids is 1. The van der Waals surface area contributed by atoms with Crippen LogP contribution in [0.1, 0.15) is 45.8 Å². The van der Waals surface area contributed by atoms with Crippen LogP contribution in [0.2, 0.25) is 0 Å². The molecule has 0 spiro atoms. The lowest BCUT2D eigenvalue weighted by atomic mass is 10.0. The normalized spacial score (nSPS) is 19.4. The fraction of sp³-hybridized carbons (Fsp3) is 0.300. The Morgan fingerprint density at radius 3 is 2.87 bits per heavy atom. The Balaban J connectivity index is 1.78. The maximum absolute atomic E-state index is 15.2. The summed E-state index contributed by atoms with van der Waals surface area (Å²) in [5, 5.41) is 14.3. The third-order valence-corrected chi connectivity index (χ3v) is 5.77. The van der Waals surface area contributed by atoms with Gasteiger partial charge < -0.3 is 20.1 Å². The summed E-state index contributed by atoms with van der Waals surface area (Å²) in [6.07, 6.45) is 0. The number of alkyl halides is 1. The Hall–Kier alpha value is -3.29. The highest BCUT2D eigenvalue weighted by atomic mass is 32.1. The Bertz CT molecular complexity index is 1220. The molecule has 1 aliphatic heterocycles. The molecule has 0 fully saturated rings. The number of ether oxygens (including phenoxy) is 1. The van der Waals surface area contributed by atoms with Crippen LogP contribution in [0.25, 0.3) is 11.3 Å². The fourth-order valence-electron chi connectivity index (χ4n) is 2.91. The Labute approximate surface area is 174 Å². The first-order valence-electron chi connectivity index (χ1n) is 8.90. The van der Waals surface area contributed by atoms with Gasteiger partial charge in [-0.3, -0.25) is 4.79 Å². The molecule has 2 atom stereocenters. The van der Waals surface area contributed by atoms with Crippen LogP contribution in [0.5, 0.6) is 5.75 Å². The first-order chi connectivity index (χ1) is 14.1. The lowest BCUT2D eigenvalue weighted by molar-refractivity contribution is 0.0999. The van der Waals surface area contributed by atoms with Gasteiger partial charge in [0.05, 0.1) is 10.6 Å². The second-order valence-corrected chi connectivity index (χ2v) is 8.22. The van der Waals surface area contributed by atoms with Crippen LogP contribution < -0.4 is 10.5 Å². The minimum atomic E-state index is -1.84. The molecule has 0 radical (unpaired) electrons. The SMILES string of the molecule is Cc1nc(C(C)(O)C#Cc2ccc3c(c2)-c2nc(C(N)=O)sc2C(C)(F)CO3)no1. The first-order valence-corrected chi connectivity index (χ1v) is 9.72. The van der Waals surface area contributed by atoms with Gasteiger partial charge in [0.25, 0.3) is 5.91 Å². The molecule has 1 amide bonds. The molecule has 0 aliphatic carbocycles. The monoisotopic (exact) mass is 428 g/mol. The van der Waals surface area contributed by atoms with Gasteiger partial charge in [0, 0.05) is 18.1 Å². The zero-order valence-corrected chi connectivity index (χ0v) is 17.1. The number of aryl methyl sites for hydroxylation is 1. The number of halogens is 1. The number of carbonyl (C=O) groups is 1. The number of benzene rings is 1. The predicted octanol–water partition coefficient (Wildman–Crippen LogP) is 2.44. The van der Waals surface area contributed by atoms with Crippen LogP contribution in [-0.4, -0.2) is 32.7 Å². The molecule has 1 aliphatic rings. The maximum Gasteiger partial charge on any atom is 0.277 e.